The fraction of sp³-hybridized carbons (Fsp3) is 0.0500. The van der Waals surface area contributed by atoms with Crippen LogP contribution in [0.25, 0.3) is 34.2 Å². The topological polar surface area (TPSA) is 41.8 Å². The van der Waals surface area contributed by atoms with E-state index in [2.05, 4.69) is 9.97 Å². The molecule has 6 heteroatoms. The van der Waals surface area contributed by atoms with Gasteiger partial charge >= 0.3 is 6.18 Å². The van der Waals surface area contributed by atoms with Gasteiger partial charge < -0.3 is 9.40 Å². The first-order valence-corrected chi connectivity index (χ1v) is 7.90. The lowest BCUT2D eigenvalue weighted by Crippen LogP contribution is -2.06. The van der Waals surface area contributed by atoms with E-state index in [1.165, 1.54) is 18.2 Å². The third-order valence-corrected chi connectivity index (χ3v) is 3.98. The van der Waals surface area contributed by atoms with Crippen molar-refractivity contribution in [2.75, 3.05) is 0 Å². The Bertz CT molecular complexity index is 1030. The summed E-state index contributed by atoms with van der Waals surface area (Å²) in [6.45, 7) is 0. The molecule has 1 N–H and O–H groups in total. The molecule has 0 atom stereocenters. The Morgan fingerprint density at radius 3 is 2.27 bits per heavy atom. The Labute approximate surface area is 147 Å². The van der Waals surface area contributed by atoms with Crippen LogP contribution in [0.5, 0.6) is 0 Å². The van der Waals surface area contributed by atoms with Gasteiger partial charge in [0.1, 0.15) is 5.76 Å². The van der Waals surface area contributed by atoms with Crippen molar-refractivity contribution in [2.24, 2.45) is 0 Å². The second-order valence-corrected chi connectivity index (χ2v) is 5.71. The molecular weight excluding hydrogens is 341 g/mol. The first kappa shape index (κ1) is 16.2. The Hall–Kier alpha value is -3.28. The zero-order chi connectivity index (χ0) is 18.1. The number of aromatic amines is 1. The van der Waals surface area contributed by atoms with Crippen LogP contribution >= 0.6 is 0 Å². The third-order valence-electron chi connectivity index (χ3n) is 3.98. The van der Waals surface area contributed by atoms with Crippen molar-refractivity contribution in [3.63, 3.8) is 0 Å². The van der Waals surface area contributed by atoms with Gasteiger partial charge in [-0.25, -0.2) is 4.98 Å². The SMILES string of the molecule is FC(F)(F)c1ccccc1-c1ccc(-c2nc(-c3ccccc3)c[nH]2)o1. The lowest BCUT2D eigenvalue weighted by molar-refractivity contribution is -0.137. The Balaban J connectivity index is 1.69. The number of hydrogen-bond acceptors (Lipinski definition) is 2. The van der Waals surface area contributed by atoms with Gasteiger partial charge in [-0.05, 0) is 18.2 Å². The number of aromatic nitrogens is 2. The normalized spacial score (nSPS) is 11.7. The molecular formula is C20H13F3N2O. The molecule has 0 saturated carbocycles. The predicted octanol–water partition coefficient (Wildman–Crippen LogP) is 6.02. The molecule has 2 heterocycles. The molecule has 0 aliphatic rings. The zero-order valence-corrected chi connectivity index (χ0v) is 13.4. The van der Waals surface area contributed by atoms with Crippen LogP contribution in [-0.2, 0) is 6.18 Å². The summed E-state index contributed by atoms with van der Waals surface area (Å²) in [4.78, 5) is 7.46. The van der Waals surface area contributed by atoms with Crippen molar-refractivity contribution < 1.29 is 17.6 Å². The molecule has 0 amide bonds. The highest BCUT2D eigenvalue weighted by atomic mass is 19.4. The maximum absolute atomic E-state index is 13.2. The Morgan fingerprint density at radius 2 is 1.50 bits per heavy atom. The molecule has 0 unspecified atom stereocenters. The van der Waals surface area contributed by atoms with Crippen LogP contribution in [0.15, 0.2) is 77.3 Å². The smallest absolute Gasteiger partial charge is 0.417 e. The number of furan rings is 1. The molecule has 3 nitrogen and oxygen atoms in total. The number of benzene rings is 2. The maximum Gasteiger partial charge on any atom is 0.417 e. The molecule has 2 aromatic carbocycles. The van der Waals surface area contributed by atoms with Gasteiger partial charge in [0.05, 0.1) is 11.3 Å². The van der Waals surface area contributed by atoms with Crippen molar-refractivity contribution >= 4 is 0 Å². The van der Waals surface area contributed by atoms with Crippen LogP contribution < -0.4 is 0 Å². The highest BCUT2D eigenvalue weighted by molar-refractivity contribution is 5.67. The van der Waals surface area contributed by atoms with E-state index >= 15 is 0 Å². The Morgan fingerprint density at radius 1 is 0.808 bits per heavy atom. The van der Waals surface area contributed by atoms with Gasteiger partial charge in [0.15, 0.2) is 11.6 Å². The second kappa shape index (κ2) is 6.22. The minimum absolute atomic E-state index is 0.00101. The van der Waals surface area contributed by atoms with Gasteiger partial charge in [0.25, 0.3) is 0 Å². The lowest BCUT2D eigenvalue weighted by Gasteiger charge is -2.10. The number of imidazole rings is 1. The molecule has 2 aromatic heterocycles. The fourth-order valence-electron chi connectivity index (χ4n) is 2.76. The summed E-state index contributed by atoms with van der Waals surface area (Å²) in [5.74, 6) is 0.976. The van der Waals surface area contributed by atoms with Crippen molar-refractivity contribution in [2.45, 2.75) is 6.18 Å². The van der Waals surface area contributed by atoms with Crippen molar-refractivity contribution in [1.82, 2.24) is 9.97 Å². The highest BCUT2D eigenvalue weighted by Crippen LogP contribution is 2.38. The largest absolute Gasteiger partial charge is 0.453 e. The molecule has 0 fully saturated rings. The van der Waals surface area contributed by atoms with Gasteiger partial charge in [-0.3, -0.25) is 0 Å². The van der Waals surface area contributed by atoms with Crippen LogP contribution in [0.4, 0.5) is 13.2 Å². The number of hydrogen-bond donors (Lipinski definition) is 1. The minimum atomic E-state index is -4.45. The molecule has 0 spiro atoms. The number of nitrogens with zero attached hydrogens (tertiary/aromatic N) is 1. The average Bonchev–Trinajstić information content (AvgIpc) is 3.31. The van der Waals surface area contributed by atoms with E-state index in [-0.39, 0.29) is 11.3 Å². The van der Waals surface area contributed by atoms with E-state index in [1.54, 1.807) is 18.3 Å². The summed E-state index contributed by atoms with van der Waals surface area (Å²) < 4.78 is 45.2. The molecule has 0 saturated heterocycles. The average molecular weight is 354 g/mol. The zero-order valence-electron chi connectivity index (χ0n) is 13.4. The van der Waals surface area contributed by atoms with Gasteiger partial charge in [0.2, 0.25) is 0 Å². The third kappa shape index (κ3) is 3.01. The molecule has 0 aliphatic heterocycles. The monoisotopic (exact) mass is 354 g/mol. The van der Waals surface area contributed by atoms with Crippen LogP contribution in [0, 0.1) is 0 Å². The molecule has 0 radical (unpaired) electrons. The standard InChI is InChI=1S/C20H13F3N2O/c21-20(22,23)15-9-5-4-8-14(15)17-10-11-18(26-17)19-24-12-16(25-19)13-6-2-1-3-7-13/h1-12H,(H,24,25). The van der Waals surface area contributed by atoms with Crippen LogP contribution in [0.1, 0.15) is 5.56 Å². The molecule has 0 bridgehead atoms. The van der Waals surface area contributed by atoms with Gasteiger partial charge in [-0.15, -0.1) is 0 Å². The number of nitrogens with one attached hydrogen (secondary N) is 1. The van der Waals surface area contributed by atoms with Crippen LogP contribution in [-0.4, -0.2) is 9.97 Å². The number of alkyl halides is 3. The van der Waals surface area contributed by atoms with Crippen molar-refractivity contribution in [3.05, 3.63) is 78.5 Å². The molecule has 4 aromatic rings. The maximum atomic E-state index is 13.2. The van der Waals surface area contributed by atoms with Crippen LogP contribution in [0.2, 0.25) is 0 Å². The quantitative estimate of drug-likeness (QED) is 0.489. The molecule has 26 heavy (non-hydrogen) atoms. The molecule has 0 aliphatic carbocycles. The van der Waals surface area contributed by atoms with Gasteiger partial charge in [-0.1, -0.05) is 48.5 Å². The summed E-state index contributed by atoms with van der Waals surface area (Å²) >= 11 is 0. The van der Waals surface area contributed by atoms with E-state index in [0.29, 0.717) is 11.6 Å². The first-order valence-electron chi connectivity index (χ1n) is 7.90. The summed E-state index contributed by atoms with van der Waals surface area (Å²) in [5, 5.41) is 0. The van der Waals surface area contributed by atoms with Gasteiger partial charge in [-0.2, -0.15) is 13.2 Å². The summed E-state index contributed by atoms with van der Waals surface area (Å²) in [7, 11) is 0. The highest BCUT2D eigenvalue weighted by Gasteiger charge is 2.34. The first-order chi connectivity index (χ1) is 12.5. The number of halogens is 3. The van der Waals surface area contributed by atoms with E-state index < -0.39 is 11.7 Å². The second-order valence-electron chi connectivity index (χ2n) is 5.71. The van der Waals surface area contributed by atoms with E-state index in [9.17, 15) is 13.2 Å². The number of rotatable bonds is 3. The fourth-order valence-corrected chi connectivity index (χ4v) is 2.76. The van der Waals surface area contributed by atoms with Gasteiger partial charge in [0, 0.05) is 17.3 Å². The van der Waals surface area contributed by atoms with Crippen molar-refractivity contribution in [3.8, 4) is 34.2 Å². The summed E-state index contributed by atoms with van der Waals surface area (Å²) in [5.41, 5.74) is 0.935. The van der Waals surface area contributed by atoms with Crippen LogP contribution in [0.3, 0.4) is 0 Å². The number of H-pyrrole nitrogens is 1. The summed E-state index contributed by atoms with van der Waals surface area (Å²) in [6, 6.07) is 18.0. The van der Waals surface area contributed by atoms with E-state index in [0.717, 1.165) is 17.3 Å². The minimum Gasteiger partial charge on any atom is -0.453 e. The summed E-state index contributed by atoms with van der Waals surface area (Å²) in [6.07, 6.45) is -2.72. The molecule has 4 rings (SSSR count). The van der Waals surface area contributed by atoms with E-state index in [4.69, 9.17) is 4.42 Å². The van der Waals surface area contributed by atoms with Crippen molar-refractivity contribution in [1.29, 1.82) is 0 Å². The lowest BCUT2D eigenvalue weighted by atomic mass is 10.1. The Kier molecular flexibility index (Phi) is 3.88. The molecule has 130 valence electrons. The predicted molar refractivity (Wildman–Crippen MR) is 92.2 cm³/mol. The van der Waals surface area contributed by atoms with E-state index in [1.807, 2.05) is 30.3 Å².